The molecule has 4 heteroatoms. The summed E-state index contributed by atoms with van der Waals surface area (Å²) in [5.74, 6) is 0.883. The zero-order chi connectivity index (χ0) is 13.7. The summed E-state index contributed by atoms with van der Waals surface area (Å²) < 4.78 is 6.43. The molecule has 0 fully saturated rings. The molecule has 0 saturated heterocycles. The van der Waals surface area contributed by atoms with E-state index in [0.717, 1.165) is 26.5 Å². The van der Waals surface area contributed by atoms with Crippen LogP contribution in [-0.2, 0) is 6.54 Å². The molecule has 0 radical (unpaired) electrons. The summed E-state index contributed by atoms with van der Waals surface area (Å²) in [6.45, 7) is 3.34. The van der Waals surface area contributed by atoms with Crippen LogP contribution in [0.5, 0.6) is 5.75 Å². The molecule has 0 spiro atoms. The van der Waals surface area contributed by atoms with E-state index < -0.39 is 0 Å². The zero-order valence-corrected chi connectivity index (χ0v) is 13.0. The number of hydrogen-bond acceptors (Lipinski definition) is 2. The molecular formula is C15H15BrClNO. The molecule has 0 heterocycles. The van der Waals surface area contributed by atoms with Gasteiger partial charge in [-0.25, -0.2) is 0 Å². The SMILES string of the molecule is CCOc1ccc(NCc2cc(Br)ccc2Cl)cc1. The normalized spacial score (nSPS) is 10.3. The molecule has 2 nitrogen and oxygen atoms in total. The van der Waals surface area contributed by atoms with Gasteiger partial charge in [-0.05, 0) is 55.0 Å². The third-order valence-corrected chi connectivity index (χ3v) is 3.52. The van der Waals surface area contributed by atoms with Gasteiger partial charge < -0.3 is 10.1 Å². The van der Waals surface area contributed by atoms with Gasteiger partial charge in [-0.15, -0.1) is 0 Å². The topological polar surface area (TPSA) is 21.3 Å². The Kier molecular flexibility index (Phi) is 5.11. The number of benzene rings is 2. The summed E-state index contributed by atoms with van der Waals surface area (Å²) in [4.78, 5) is 0. The maximum atomic E-state index is 6.15. The molecular weight excluding hydrogens is 326 g/mol. The average molecular weight is 341 g/mol. The molecule has 0 aromatic heterocycles. The summed E-state index contributed by atoms with van der Waals surface area (Å²) in [6.07, 6.45) is 0. The fraction of sp³-hybridized carbons (Fsp3) is 0.200. The Morgan fingerprint density at radius 1 is 1.16 bits per heavy atom. The minimum Gasteiger partial charge on any atom is -0.494 e. The largest absolute Gasteiger partial charge is 0.494 e. The molecule has 0 unspecified atom stereocenters. The first-order valence-corrected chi connectivity index (χ1v) is 7.27. The molecule has 19 heavy (non-hydrogen) atoms. The van der Waals surface area contributed by atoms with Gasteiger partial charge in [-0.2, -0.15) is 0 Å². The number of anilines is 1. The summed E-state index contributed by atoms with van der Waals surface area (Å²) in [6, 6.07) is 13.7. The Morgan fingerprint density at radius 3 is 2.58 bits per heavy atom. The van der Waals surface area contributed by atoms with Gasteiger partial charge in [0.25, 0.3) is 0 Å². The van der Waals surface area contributed by atoms with Crippen molar-refractivity contribution >= 4 is 33.2 Å². The number of halogens is 2. The van der Waals surface area contributed by atoms with Crippen LogP contribution in [0.25, 0.3) is 0 Å². The molecule has 0 aliphatic heterocycles. The highest BCUT2D eigenvalue weighted by Gasteiger charge is 2.01. The highest BCUT2D eigenvalue weighted by Crippen LogP contribution is 2.22. The minimum absolute atomic E-state index is 0.681. The summed E-state index contributed by atoms with van der Waals surface area (Å²) in [7, 11) is 0. The Morgan fingerprint density at radius 2 is 1.89 bits per heavy atom. The van der Waals surface area contributed by atoms with Gasteiger partial charge in [0.15, 0.2) is 0 Å². The fourth-order valence-corrected chi connectivity index (χ4v) is 2.30. The zero-order valence-electron chi connectivity index (χ0n) is 10.6. The molecule has 2 aromatic carbocycles. The molecule has 0 aliphatic rings. The van der Waals surface area contributed by atoms with Gasteiger partial charge in [0.05, 0.1) is 6.61 Å². The van der Waals surface area contributed by atoms with Crippen LogP contribution in [0.1, 0.15) is 12.5 Å². The van der Waals surface area contributed by atoms with E-state index >= 15 is 0 Å². The van der Waals surface area contributed by atoms with Gasteiger partial charge in [-0.3, -0.25) is 0 Å². The van der Waals surface area contributed by atoms with Gasteiger partial charge in [0, 0.05) is 21.7 Å². The first-order valence-electron chi connectivity index (χ1n) is 6.09. The molecule has 0 saturated carbocycles. The van der Waals surface area contributed by atoms with Crippen LogP contribution in [0, 0.1) is 0 Å². The first kappa shape index (κ1) is 14.2. The molecule has 2 aromatic rings. The van der Waals surface area contributed by atoms with Crippen molar-refractivity contribution in [2.24, 2.45) is 0 Å². The van der Waals surface area contributed by atoms with Gasteiger partial charge in [0.1, 0.15) is 5.75 Å². The van der Waals surface area contributed by atoms with E-state index in [1.54, 1.807) is 0 Å². The highest BCUT2D eigenvalue weighted by molar-refractivity contribution is 9.10. The number of ether oxygens (including phenoxy) is 1. The Hall–Kier alpha value is -1.19. The lowest BCUT2D eigenvalue weighted by Crippen LogP contribution is -2.00. The Labute approximate surface area is 126 Å². The van der Waals surface area contributed by atoms with Crippen molar-refractivity contribution < 1.29 is 4.74 Å². The Balaban J connectivity index is 2.00. The maximum absolute atomic E-state index is 6.15. The lowest BCUT2D eigenvalue weighted by molar-refractivity contribution is 0.340. The monoisotopic (exact) mass is 339 g/mol. The summed E-state index contributed by atoms with van der Waals surface area (Å²) >= 11 is 9.59. The minimum atomic E-state index is 0.681. The summed E-state index contributed by atoms with van der Waals surface area (Å²) in [5.41, 5.74) is 2.10. The van der Waals surface area contributed by atoms with Crippen molar-refractivity contribution in [3.63, 3.8) is 0 Å². The van der Waals surface area contributed by atoms with Gasteiger partial charge in [-0.1, -0.05) is 27.5 Å². The van der Waals surface area contributed by atoms with Crippen molar-refractivity contribution in [2.75, 3.05) is 11.9 Å². The van der Waals surface area contributed by atoms with E-state index in [1.807, 2.05) is 49.4 Å². The third kappa shape index (κ3) is 4.15. The highest BCUT2D eigenvalue weighted by atomic mass is 79.9. The predicted octanol–water partition coefficient (Wildman–Crippen LogP) is 5.11. The maximum Gasteiger partial charge on any atom is 0.119 e. The van der Waals surface area contributed by atoms with Crippen LogP contribution >= 0.6 is 27.5 Å². The van der Waals surface area contributed by atoms with E-state index in [-0.39, 0.29) is 0 Å². The second kappa shape index (κ2) is 6.83. The van der Waals surface area contributed by atoms with Crippen LogP contribution in [0.4, 0.5) is 5.69 Å². The summed E-state index contributed by atoms with van der Waals surface area (Å²) in [5, 5.41) is 4.10. The van der Waals surface area contributed by atoms with Crippen molar-refractivity contribution in [3.8, 4) is 5.75 Å². The molecule has 1 N–H and O–H groups in total. The van der Waals surface area contributed by atoms with Gasteiger partial charge >= 0.3 is 0 Å². The first-order chi connectivity index (χ1) is 9.19. The van der Waals surface area contributed by atoms with Gasteiger partial charge in [0.2, 0.25) is 0 Å². The van der Waals surface area contributed by atoms with Crippen LogP contribution in [0.3, 0.4) is 0 Å². The standard InChI is InChI=1S/C15H15BrClNO/c1-2-19-14-6-4-13(5-7-14)18-10-11-9-12(16)3-8-15(11)17/h3-9,18H,2,10H2,1H3. The third-order valence-electron chi connectivity index (χ3n) is 2.66. The van der Waals surface area contributed by atoms with Crippen LogP contribution in [0.15, 0.2) is 46.9 Å². The van der Waals surface area contributed by atoms with E-state index in [0.29, 0.717) is 13.2 Å². The van der Waals surface area contributed by atoms with Crippen molar-refractivity contribution in [2.45, 2.75) is 13.5 Å². The van der Waals surface area contributed by atoms with Crippen molar-refractivity contribution in [1.29, 1.82) is 0 Å². The fourth-order valence-electron chi connectivity index (χ4n) is 1.71. The molecule has 0 aliphatic carbocycles. The van der Waals surface area contributed by atoms with Crippen LogP contribution < -0.4 is 10.1 Å². The molecule has 100 valence electrons. The number of hydrogen-bond donors (Lipinski definition) is 1. The molecule has 0 amide bonds. The van der Waals surface area contributed by atoms with E-state index in [1.165, 1.54) is 0 Å². The predicted molar refractivity (Wildman–Crippen MR) is 84.1 cm³/mol. The number of nitrogens with one attached hydrogen (secondary N) is 1. The molecule has 2 rings (SSSR count). The average Bonchev–Trinajstić information content (AvgIpc) is 2.42. The van der Waals surface area contributed by atoms with Crippen LogP contribution in [0.2, 0.25) is 5.02 Å². The lowest BCUT2D eigenvalue weighted by atomic mass is 10.2. The van der Waals surface area contributed by atoms with E-state index in [4.69, 9.17) is 16.3 Å². The van der Waals surface area contributed by atoms with E-state index in [9.17, 15) is 0 Å². The second-order valence-electron chi connectivity index (χ2n) is 4.05. The second-order valence-corrected chi connectivity index (χ2v) is 5.37. The van der Waals surface area contributed by atoms with Crippen LogP contribution in [-0.4, -0.2) is 6.61 Å². The molecule has 0 bridgehead atoms. The quantitative estimate of drug-likeness (QED) is 0.816. The molecule has 0 atom stereocenters. The number of rotatable bonds is 5. The Bertz CT molecular complexity index is 542. The smallest absolute Gasteiger partial charge is 0.119 e. The van der Waals surface area contributed by atoms with Crippen molar-refractivity contribution in [1.82, 2.24) is 0 Å². The van der Waals surface area contributed by atoms with Crippen molar-refractivity contribution in [3.05, 3.63) is 57.5 Å². The lowest BCUT2D eigenvalue weighted by Gasteiger charge is -2.09. The van der Waals surface area contributed by atoms with E-state index in [2.05, 4.69) is 21.2 Å².